The van der Waals surface area contributed by atoms with Crippen molar-refractivity contribution in [3.63, 3.8) is 0 Å². The maximum Gasteiger partial charge on any atom is 0.331 e. The molecule has 3 atom stereocenters. The Bertz CT molecular complexity index is 1170. The molecule has 0 saturated heterocycles. The Morgan fingerprint density at radius 3 is 1.54 bits per heavy atom. The van der Waals surface area contributed by atoms with Crippen LogP contribution in [0.5, 0.6) is 0 Å². The van der Waals surface area contributed by atoms with E-state index in [1.165, 1.54) is 153 Å². The number of rotatable bonds is 34. The van der Waals surface area contributed by atoms with Crippen LogP contribution in [0.15, 0.2) is 44.8 Å². The van der Waals surface area contributed by atoms with E-state index in [2.05, 4.69) is 62.3 Å². The fourth-order valence-corrected chi connectivity index (χ4v) is 8.25. The van der Waals surface area contributed by atoms with Gasteiger partial charge in [-0.05, 0) is 149 Å². The van der Waals surface area contributed by atoms with Gasteiger partial charge in [-0.1, -0.05) is 145 Å². The summed E-state index contributed by atoms with van der Waals surface area (Å²) in [5.41, 5.74) is 9.55. The molecule has 314 valence electrons. The zero-order valence-electron chi connectivity index (χ0n) is 38.1. The van der Waals surface area contributed by atoms with Crippen LogP contribution in [-0.2, 0) is 14.3 Å². The van der Waals surface area contributed by atoms with Crippen LogP contribution in [-0.4, -0.2) is 17.5 Å². The van der Waals surface area contributed by atoms with Crippen LogP contribution >= 0.6 is 0 Å². The highest BCUT2D eigenvalue weighted by atomic mass is 16.5. The van der Waals surface area contributed by atoms with Crippen LogP contribution in [0.2, 0.25) is 0 Å². The smallest absolute Gasteiger partial charge is 0.331 e. The minimum atomic E-state index is -0.786. The number of allylic oxidation sites excluding steroid dienone is 7. The average Bonchev–Trinajstić information content (AvgIpc) is 3.15. The minimum Gasteiger partial charge on any atom is -0.478 e. The fraction of sp³-hybridized carbons (Fsp3) is 0.800. The summed E-state index contributed by atoms with van der Waals surface area (Å²) in [7, 11) is 0. The minimum absolute atomic E-state index is 0.301. The van der Waals surface area contributed by atoms with Crippen molar-refractivity contribution in [3.8, 4) is 0 Å². The van der Waals surface area contributed by atoms with Crippen molar-refractivity contribution in [1.82, 2.24) is 0 Å². The number of aliphatic carboxylic acids is 1. The van der Waals surface area contributed by atoms with Crippen LogP contribution in [0, 0.1) is 17.3 Å². The first-order chi connectivity index (χ1) is 25.7. The van der Waals surface area contributed by atoms with Crippen molar-refractivity contribution < 1.29 is 19.4 Å². The summed E-state index contributed by atoms with van der Waals surface area (Å²) in [6.45, 7) is 27.5. The molecule has 0 aliphatic rings. The van der Waals surface area contributed by atoms with E-state index in [0.717, 1.165) is 24.2 Å². The Kier molecular flexibility index (Phi) is 29.8. The van der Waals surface area contributed by atoms with Gasteiger partial charge in [-0.3, -0.25) is 4.79 Å². The number of hydrogen-bond donors (Lipinski definition) is 1. The van der Waals surface area contributed by atoms with Gasteiger partial charge in [0.15, 0.2) is 0 Å². The lowest BCUT2D eigenvalue weighted by Gasteiger charge is -2.33. The zero-order chi connectivity index (χ0) is 40.9. The molecule has 1 N–H and O–H groups in total. The van der Waals surface area contributed by atoms with Crippen LogP contribution in [0.1, 0.15) is 244 Å². The first-order valence-electron chi connectivity index (χ1n) is 22.7. The van der Waals surface area contributed by atoms with E-state index in [1.54, 1.807) is 29.2 Å². The third-order valence-electron chi connectivity index (χ3n) is 13.4. The highest BCUT2D eigenvalue weighted by Gasteiger charge is 2.27. The van der Waals surface area contributed by atoms with Gasteiger partial charge in [-0.15, -0.1) is 0 Å². The molecule has 4 heteroatoms. The lowest BCUT2D eigenvalue weighted by Crippen LogP contribution is -2.19. The van der Waals surface area contributed by atoms with E-state index in [9.17, 15) is 14.7 Å². The van der Waals surface area contributed by atoms with E-state index in [0.29, 0.717) is 29.3 Å². The van der Waals surface area contributed by atoms with E-state index in [1.807, 2.05) is 13.8 Å². The number of hydrogen-bond acceptors (Lipinski definition) is 3. The second-order valence-electron chi connectivity index (χ2n) is 17.6. The first kappa shape index (κ1) is 51.9. The van der Waals surface area contributed by atoms with E-state index in [4.69, 9.17) is 4.74 Å². The fourth-order valence-electron chi connectivity index (χ4n) is 8.25. The predicted molar refractivity (Wildman–Crippen MR) is 236 cm³/mol. The summed E-state index contributed by atoms with van der Waals surface area (Å²) in [5.74, 6) is 1.15. The maximum atomic E-state index is 11.2. The molecule has 0 aliphatic carbocycles. The molecular weight excluding hydrogens is 665 g/mol. The SMILES string of the molecule is CCCCCCC(CCCCCC(C)=C(C)C(C)(CCCCCC)CCCCCC(C)=C(C)C(C)CCCCC/C(C)=C(\C)C(=O)O)C(C)=C(C)OC=O. The standard InChI is InChI=1S/C50H90O4/c1-13-15-17-26-34-48(45(9)47(11)54-38-51)35-27-20-24-33-42(6)46(10)50(12,36-28-18-16-14-2)37-29-21-25-31-40(4)43(7)39(3)30-22-19-23-32-41(5)44(8)49(52)53/h38-39,48H,13-37H2,1-12H3,(H,52,53)/b43-40?,44-41+,46-42?,47-45?. The number of carboxylic acid groups (broad SMARTS) is 1. The second kappa shape index (κ2) is 31.0. The number of carbonyl (C=O) groups excluding carboxylic acids is 1. The van der Waals surface area contributed by atoms with E-state index in [-0.39, 0.29) is 0 Å². The molecule has 0 amide bonds. The summed E-state index contributed by atoms with van der Waals surface area (Å²) in [5, 5.41) is 9.19. The Hall–Kier alpha value is -2.10. The molecule has 4 nitrogen and oxygen atoms in total. The zero-order valence-corrected chi connectivity index (χ0v) is 38.1. The van der Waals surface area contributed by atoms with Crippen LogP contribution in [0.3, 0.4) is 0 Å². The van der Waals surface area contributed by atoms with Gasteiger partial charge in [-0.2, -0.15) is 0 Å². The lowest BCUT2D eigenvalue weighted by molar-refractivity contribution is -0.132. The lowest BCUT2D eigenvalue weighted by atomic mass is 9.72. The molecule has 0 spiro atoms. The molecule has 0 aromatic carbocycles. The third-order valence-corrected chi connectivity index (χ3v) is 13.4. The topological polar surface area (TPSA) is 63.6 Å². The molecule has 0 aromatic heterocycles. The second-order valence-corrected chi connectivity index (χ2v) is 17.6. The molecule has 3 unspecified atom stereocenters. The Morgan fingerprint density at radius 2 is 1.04 bits per heavy atom. The number of unbranched alkanes of at least 4 members (excludes halogenated alkanes) is 12. The van der Waals surface area contributed by atoms with Crippen LogP contribution in [0.25, 0.3) is 0 Å². The van der Waals surface area contributed by atoms with Gasteiger partial charge < -0.3 is 9.84 Å². The molecule has 0 bridgehead atoms. The maximum absolute atomic E-state index is 11.2. The van der Waals surface area contributed by atoms with Crippen molar-refractivity contribution in [2.45, 2.75) is 244 Å². The highest BCUT2D eigenvalue weighted by Crippen LogP contribution is 2.41. The molecule has 0 saturated carbocycles. The predicted octanol–water partition coefficient (Wildman–Crippen LogP) is 16.6. The molecule has 54 heavy (non-hydrogen) atoms. The first-order valence-corrected chi connectivity index (χ1v) is 22.7. The quantitative estimate of drug-likeness (QED) is 0.0234. The van der Waals surface area contributed by atoms with E-state index < -0.39 is 5.97 Å². The van der Waals surface area contributed by atoms with Gasteiger partial charge in [0.25, 0.3) is 6.47 Å². The summed E-state index contributed by atoms with van der Waals surface area (Å²) in [4.78, 5) is 22.2. The van der Waals surface area contributed by atoms with Gasteiger partial charge in [0, 0.05) is 5.57 Å². The Morgan fingerprint density at radius 1 is 0.593 bits per heavy atom. The van der Waals surface area contributed by atoms with Gasteiger partial charge in [0.1, 0.15) is 5.76 Å². The largest absolute Gasteiger partial charge is 0.478 e. The van der Waals surface area contributed by atoms with Crippen molar-refractivity contribution >= 4 is 12.4 Å². The van der Waals surface area contributed by atoms with Crippen LogP contribution < -0.4 is 0 Å². The van der Waals surface area contributed by atoms with Gasteiger partial charge in [-0.25, -0.2) is 4.79 Å². The molecule has 0 radical (unpaired) electrons. The summed E-state index contributed by atoms with van der Waals surface area (Å²) >= 11 is 0. The Labute approximate surface area is 336 Å². The summed E-state index contributed by atoms with van der Waals surface area (Å²) in [6, 6.07) is 0. The molecule has 0 aromatic rings. The highest BCUT2D eigenvalue weighted by molar-refractivity contribution is 5.86. The van der Waals surface area contributed by atoms with Crippen molar-refractivity contribution in [2.75, 3.05) is 0 Å². The molecule has 0 rings (SSSR count). The molecule has 0 fully saturated rings. The molecule has 0 aliphatic heterocycles. The number of ether oxygens (including phenoxy) is 1. The molecular formula is C50H90O4. The number of carboxylic acids is 1. The number of carbonyl (C=O) groups is 2. The van der Waals surface area contributed by atoms with E-state index >= 15 is 0 Å². The van der Waals surface area contributed by atoms with Crippen molar-refractivity contribution in [1.29, 1.82) is 0 Å². The van der Waals surface area contributed by atoms with Crippen molar-refractivity contribution in [3.05, 3.63) is 44.8 Å². The van der Waals surface area contributed by atoms with Crippen molar-refractivity contribution in [2.24, 2.45) is 17.3 Å². The normalized spacial score (nSPS) is 16.1. The van der Waals surface area contributed by atoms with Gasteiger partial charge >= 0.3 is 5.97 Å². The van der Waals surface area contributed by atoms with Gasteiger partial charge in [0.2, 0.25) is 0 Å². The average molecular weight is 755 g/mol. The molecule has 0 heterocycles. The monoisotopic (exact) mass is 755 g/mol. The Balaban J connectivity index is 5.10. The van der Waals surface area contributed by atoms with Gasteiger partial charge in [0.05, 0.1) is 0 Å². The summed E-state index contributed by atoms with van der Waals surface area (Å²) in [6.07, 6.45) is 31.1. The van der Waals surface area contributed by atoms with Crippen LogP contribution in [0.4, 0.5) is 0 Å². The summed E-state index contributed by atoms with van der Waals surface area (Å²) < 4.78 is 5.25. The third kappa shape index (κ3) is 22.5.